The molecule has 0 saturated heterocycles. The van der Waals surface area contributed by atoms with Gasteiger partial charge in [-0.1, -0.05) is 77.6 Å². The van der Waals surface area contributed by atoms with E-state index in [1.807, 2.05) is 13.8 Å². The van der Waals surface area contributed by atoms with E-state index < -0.39 is 28.5 Å². The van der Waals surface area contributed by atoms with Crippen LogP contribution in [-0.4, -0.2) is 44.3 Å². The lowest BCUT2D eigenvalue weighted by molar-refractivity contribution is -0.139. The van der Waals surface area contributed by atoms with Crippen molar-refractivity contribution in [3.05, 3.63) is 92.9 Å². The molecule has 1 atom stereocenters. The van der Waals surface area contributed by atoms with Crippen LogP contribution in [0.5, 0.6) is 0 Å². The van der Waals surface area contributed by atoms with Crippen LogP contribution in [-0.2, 0) is 26.2 Å². The number of hydrogen-bond acceptors (Lipinski definition) is 4. The second kappa shape index (κ2) is 13.5. The number of carbonyl (C=O) groups excluding carboxylic acids is 2. The Balaban J connectivity index is 2.06. The van der Waals surface area contributed by atoms with Crippen LogP contribution in [0.15, 0.2) is 71.6 Å². The van der Waals surface area contributed by atoms with Crippen molar-refractivity contribution in [3.8, 4) is 0 Å². The molecule has 7 nitrogen and oxygen atoms in total. The third-order valence-electron chi connectivity index (χ3n) is 6.05. The summed E-state index contributed by atoms with van der Waals surface area (Å²) in [7, 11) is -4.26. The van der Waals surface area contributed by atoms with Gasteiger partial charge in [0.2, 0.25) is 11.8 Å². The molecule has 208 valence electrons. The Labute approximate surface area is 244 Å². The monoisotopic (exact) mass is 609 g/mol. The molecule has 3 aromatic rings. The maximum atomic E-state index is 13.9. The second-order valence-corrected chi connectivity index (χ2v) is 12.1. The van der Waals surface area contributed by atoms with Gasteiger partial charge >= 0.3 is 0 Å². The summed E-state index contributed by atoms with van der Waals surface area (Å²) in [6.45, 7) is 5.20. The Kier molecular flexibility index (Phi) is 10.7. The lowest BCUT2D eigenvalue weighted by atomic mass is 10.1. The molecule has 0 aliphatic rings. The van der Waals surface area contributed by atoms with E-state index in [1.54, 1.807) is 49.4 Å². The Bertz CT molecular complexity index is 1430. The first-order valence-electron chi connectivity index (χ1n) is 12.3. The highest BCUT2D eigenvalue weighted by Crippen LogP contribution is 2.35. The maximum absolute atomic E-state index is 13.9. The van der Waals surface area contributed by atoms with Gasteiger partial charge in [-0.3, -0.25) is 13.9 Å². The van der Waals surface area contributed by atoms with E-state index in [9.17, 15) is 18.0 Å². The van der Waals surface area contributed by atoms with Crippen LogP contribution in [0.3, 0.4) is 0 Å². The zero-order valence-electron chi connectivity index (χ0n) is 21.8. The molecule has 3 rings (SSSR count). The zero-order chi connectivity index (χ0) is 28.7. The quantitative estimate of drug-likeness (QED) is 0.285. The van der Waals surface area contributed by atoms with Gasteiger partial charge in [-0.25, -0.2) is 8.42 Å². The third-order valence-corrected chi connectivity index (χ3v) is 8.86. The Morgan fingerprint density at radius 2 is 1.64 bits per heavy atom. The van der Waals surface area contributed by atoms with E-state index in [1.165, 1.54) is 29.2 Å². The Morgan fingerprint density at radius 3 is 2.28 bits per heavy atom. The maximum Gasteiger partial charge on any atom is 0.264 e. The number of hydrogen-bond donors (Lipinski definition) is 1. The van der Waals surface area contributed by atoms with Crippen LogP contribution in [0.25, 0.3) is 0 Å². The van der Waals surface area contributed by atoms with E-state index >= 15 is 0 Å². The average Bonchev–Trinajstić information content (AvgIpc) is 2.90. The molecule has 0 radical (unpaired) electrons. The van der Waals surface area contributed by atoms with Crippen molar-refractivity contribution < 1.29 is 18.0 Å². The van der Waals surface area contributed by atoms with Gasteiger partial charge in [-0.15, -0.1) is 0 Å². The molecule has 0 aliphatic heterocycles. The first kappa shape index (κ1) is 30.8. The third kappa shape index (κ3) is 7.66. The molecule has 2 amide bonds. The van der Waals surface area contributed by atoms with Crippen molar-refractivity contribution in [2.24, 2.45) is 0 Å². The highest BCUT2D eigenvalue weighted by molar-refractivity contribution is 7.92. The smallest absolute Gasteiger partial charge is 0.264 e. The SMILES string of the molecule is CCCNC(=O)[C@@H](C)N(Cc1cccc(Cl)c1)C(=O)CN(c1cccc(Cl)c1Cl)S(=O)(=O)c1ccc(C)cc1. The number of benzene rings is 3. The fraction of sp³-hybridized carbons (Fsp3) is 0.286. The minimum Gasteiger partial charge on any atom is -0.354 e. The molecule has 39 heavy (non-hydrogen) atoms. The summed E-state index contributed by atoms with van der Waals surface area (Å²) in [5.74, 6) is -0.971. The van der Waals surface area contributed by atoms with Crippen LogP contribution >= 0.6 is 34.8 Å². The lowest BCUT2D eigenvalue weighted by Crippen LogP contribution is -2.51. The molecule has 0 saturated carbocycles. The number of aryl methyl sites for hydroxylation is 1. The minimum absolute atomic E-state index is 0.0159. The van der Waals surface area contributed by atoms with Gasteiger partial charge in [-0.2, -0.15) is 0 Å². The molecule has 0 spiro atoms. The number of rotatable bonds is 11. The first-order valence-corrected chi connectivity index (χ1v) is 14.9. The number of anilines is 1. The topological polar surface area (TPSA) is 86.8 Å². The van der Waals surface area contributed by atoms with Crippen LogP contribution in [0.2, 0.25) is 15.1 Å². The molecule has 0 heterocycles. The zero-order valence-corrected chi connectivity index (χ0v) is 24.9. The molecule has 0 unspecified atom stereocenters. The van der Waals surface area contributed by atoms with Gasteiger partial charge in [0.05, 0.1) is 20.6 Å². The molecular formula is C28H30Cl3N3O4S. The van der Waals surface area contributed by atoms with E-state index in [0.29, 0.717) is 17.1 Å². The summed E-state index contributed by atoms with van der Waals surface area (Å²) in [6, 6.07) is 16.8. The molecular weight excluding hydrogens is 581 g/mol. The number of amides is 2. The first-order chi connectivity index (χ1) is 18.4. The van der Waals surface area contributed by atoms with Gasteiger partial charge < -0.3 is 10.2 Å². The van der Waals surface area contributed by atoms with Crippen LogP contribution in [0.1, 0.15) is 31.4 Å². The molecule has 0 aliphatic carbocycles. The number of sulfonamides is 1. The number of nitrogens with zero attached hydrogens (tertiary/aromatic N) is 2. The van der Waals surface area contributed by atoms with E-state index in [2.05, 4.69) is 5.32 Å². The van der Waals surface area contributed by atoms with Crippen molar-refractivity contribution in [2.75, 3.05) is 17.4 Å². The van der Waals surface area contributed by atoms with Gasteiger partial charge in [0, 0.05) is 18.1 Å². The summed E-state index contributed by atoms with van der Waals surface area (Å²) in [5.41, 5.74) is 1.60. The van der Waals surface area contributed by atoms with Crippen molar-refractivity contribution in [3.63, 3.8) is 0 Å². The standard InChI is InChI=1S/C28H30Cl3N3O4S/c1-4-15-32-28(36)20(3)33(17-21-7-5-8-22(29)16-21)26(35)18-34(25-10-6-9-24(30)27(25)31)39(37,38)23-13-11-19(2)12-14-23/h5-14,16,20H,4,15,17-18H2,1-3H3,(H,32,36)/t20-/m1/s1. The van der Waals surface area contributed by atoms with E-state index in [4.69, 9.17) is 34.8 Å². The van der Waals surface area contributed by atoms with Crippen molar-refractivity contribution in [2.45, 2.75) is 44.7 Å². The highest BCUT2D eigenvalue weighted by Gasteiger charge is 2.33. The van der Waals surface area contributed by atoms with Gasteiger partial charge in [0.15, 0.2) is 0 Å². The average molecular weight is 611 g/mol. The van der Waals surface area contributed by atoms with Gasteiger partial charge in [-0.05, 0) is 62.2 Å². The van der Waals surface area contributed by atoms with Crippen LogP contribution in [0, 0.1) is 6.92 Å². The predicted octanol–water partition coefficient (Wildman–Crippen LogP) is 6.09. The van der Waals surface area contributed by atoms with E-state index in [0.717, 1.165) is 16.3 Å². The van der Waals surface area contributed by atoms with Crippen LogP contribution < -0.4 is 9.62 Å². The molecule has 0 bridgehead atoms. The fourth-order valence-corrected chi connectivity index (χ4v) is 5.93. The summed E-state index contributed by atoms with van der Waals surface area (Å²) < 4.78 is 28.7. The molecule has 0 fully saturated rings. The summed E-state index contributed by atoms with van der Waals surface area (Å²) in [5, 5.41) is 3.39. The van der Waals surface area contributed by atoms with Crippen molar-refractivity contribution in [1.82, 2.24) is 10.2 Å². The fourth-order valence-electron chi connectivity index (χ4n) is 3.85. The van der Waals surface area contributed by atoms with Gasteiger partial charge in [0.25, 0.3) is 10.0 Å². The number of nitrogens with one attached hydrogen (secondary N) is 1. The summed E-state index contributed by atoms with van der Waals surface area (Å²) >= 11 is 18.8. The van der Waals surface area contributed by atoms with E-state index in [-0.39, 0.29) is 33.1 Å². The minimum atomic E-state index is -4.26. The predicted molar refractivity (Wildman–Crippen MR) is 157 cm³/mol. The molecule has 3 aromatic carbocycles. The number of halogens is 3. The normalized spacial score (nSPS) is 12.1. The van der Waals surface area contributed by atoms with Gasteiger partial charge in [0.1, 0.15) is 12.6 Å². The second-order valence-electron chi connectivity index (χ2n) is 9.02. The molecule has 11 heteroatoms. The summed E-state index contributed by atoms with van der Waals surface area (Å²) in [4.78, 5) is 28.1. The largest absolute Gasteiger partial charge is 0.354 e. The highest BCUT2D eigenvalue weighted by atomic mass is 35.5. The van der Waals surface area contributed by atoms with Crippen LogP contribution in [0.4, 0.5) is 5.69 Å². The molecule has 0 aromatic heterocycles. The number of carbonyl (C=O) groups is 2. The molecule has 1 N–H and O–H groups in total. The van der Waals surface area contributed by atoms with Crippen molar-refractivity contribution >= 4 is 62.3 Å². The Hall–Kier alpha value is -2.78. The summed E-state index contributed by atoms with van der Waals surface area (Å²) in [6.07, 6.45) is 0.719. The Morgan fingerprint density at radius 1 is 0.974 bits per heavy atom. The lowest BCUT2D eigenvalue weighted by Gasteiger charge is -2.32. The van der Waals surface area contributed by atoms with Crippen molar-refractivity contribution in [1.29, 1.82) is 0 Å².